The Kier molecular flexibility index (Phi) is 3.83. The molecule has 2 rings (SSSR count). The Bertz CT molecular complexity index is 337. The molecule has 0 radical (unpaired) electrons. The second kappa shape index (κ2) is 5.16. The maximum atomic E-state index is 10.3. The van der Waals surface area contributed by atoms with Crippen molar-refractivity contribution < 1.29 is 9.63 Å². The van der Waals surface area contributed by atoms with Crippen LogP contribution in [0.5, 0.6) is 0 Å². The van der Waals surface area contributed by atoms with Crippen molar-refractivity contribution >= 4 is 11.8 Å². The number of nitrogens with zero attached hydrogens (tertiary/aromatic N) is 2. The lowest BCUT2D eigenvalue weighted by atomic mass is 9.94. The second-order valence-electron chi connectivity index (χ2n) is 3.96. The van der Waals surface area contributed by atoms with Crippen LogP contribution < -0.4 is 5.32 Å². The molecule has 6 heteroatoms. The minimum absolute atomic E-state index is 0.353. The summed E-state index contributed by atoms with van der Waals surface area (Å²) in [5.41, 5.74) is -0.972. The van der Waals surface area contributed by atoms with Crippen molar-refractivity contribution in [3.63, 3.8) is 0 Å². The molecule has 1 saturated heterocycles. The van der Waals surface area contributed by atoms with E-state index in [0.717, 1.165) is 24.5 Å². The largest absolute Gasteiger partial charge is 0.379 e. The molecule has 1 aliphatic heterocycles. The van der Waals surface area contributed by atoms with E-state index in [1.807, 2.05) is 0 Å². The first-order valence-corrected chi connectivity index (χ1v) is 6.74. The van der Waals surface area contributed by atoms with E-state index in [0.29, 0.717) is 24.7 Å². The molecule has 1 atom stereocenters. The first-order valence-electron chi connectivity index (χ1n) is 5.58. The molecule has 1 fully saturated rings. The molecule has 0 aliphatic carbocycles. The highest BCUT2D eigenvalue weighted by Crippen LogP contribution is 2.27. The number of aromatic nitrogens is 2. The predicted molar refractivity (Wildman–Crippen MR) is 62.1 cm³/mol. The number of piperidine rings is 1. The van der Waals surface area contributed by atoms with Gasteiger partial charge in [0.05, 0.1) is 5.75 Å². The Labute approximate surface area is 99.0 Å². The molecule has 2 N–H and O–H groups in total. The van der Waals surface area contributed by atoms with Gasteiger partial charge in [0.2, 0.25) is 0 Å². The van der Waals surface area contributed by atoms with Crippen LogP contribution in [0.2, 0.25) is 0 Å². The molecule has 0 bridgehead atoms. The van der Waals surface area contributed by atoms with E-state index in [-0.39, 0.29) is 0 Å². The topological polar surface area (TPSA) is 71.2 Å². The maximum absolute atomic E-state index is 10.3. The molecule has 16 heavy (non-hydrogen) atoms. The summed E-state index contributed by atoms with van der Waals surface area (Å²) in [6, 6.07) is 0. The summed E-state index contributed by atoms with van der Waals surface area (Å²) in [4.78, 5) is 4.25. The quantitative estimate of drug-likeness (QED) is 0.818. The zero-order valence-corrected chi connectivity index (χ0v) is 10.2. The first-order chi connectivity index (χ1) is 7.74. The SMILES string of the molecule is CCSCc1noc(C2(O)CCCNC2)n1. The van der Waals surface area contributed by atoms with Gasteiger partial charge >= 0.3 is 0 Å². The molecule has 0 aromatic carbocycles. The summed E-state index contributed by atoms with van der Waals surface area (Å²) in [6.07, 6.45) is 1.61. The zero-order valence-electron chi connectivity index (χ0n) is 9.40. The molecule has 1 aliphatic rings. The average Bonchev–Trinajstić information content (AvgIpc) is 2.77. The van der Waals surface area contributed by atoms with Gasteiger partial charge in [-0.3, -0.25) is 0 Å². The Morgan fingerprint density at radius 1 is 1.62 bits per heavy atom. The first kappa shape index (κ1) is 11.9. The highest BCUT2D eigenvalue weighted by atomic mass is 32.2. The van der Waals surface area contributed by atoms with E-state index in [1.54, 1.807) is 11.8 Å². The van der Waals surface area contributed by atoms with Gasteiger partial charge in [0.1, 0.15) is 0 Å². The van der Waals surface area contributed by atoms with E-state index in [4.69, 9.17) is 4.52 Å². The molecule has 0 spiro atoms. The van der Waals surface area contributed by atoms with Gasteiger partial charge < -0.3 is 14.9 Å². The van der Waals surface area contributed by atoms with Crippen LogP contribution in [0.15, 0.2) is 4.52 Å². The lowest BCUT2D eigenvalue weighted by Gasteiger charge is -2.28. The van der Waals surface area contributed by atoms with Crippen LogP contribution in [-0.2, 0) is 11.4 Å². The van der Waals surface area contributed by atoms with Gasteiger partial charge in [-0.05, 0) is 25.1 Å². The van der Waals surface area contributed by atoms with E-state index in [1.165, 1.54) is 0 Å². The average molecular weight is 243 g/mol. The monoisotopic (exact) mass is 243 g/mol. The van der Waals surface area contributed by atoms with Crippen LogP contribution in [0.3, 0.4) is 0 Å². The van der Waals surface area contributed by atoms with Crippen LogP contribution in [-0.4, -0.2) is 34.1 Å². The fraction of sp³-hybridized carbons (Fsp3) is 0.800. The number of nitrogens with one attached hydrogen (secondary N) is 1. The summed E-state index contributed by atoms with van der Waals surface area (Å²) in [5.74, 6) is 2.78. The van der Waals surface area contributed by atoms with E-state index in [9.17, 15) is 5.11 Å². The van der Waals surface area contributed by atoms with E-state index < -0.39 is 5.60 Å². The summed E-state index contributed by atoms with van der Waals surface area (Å²) in [6.45, 7) is 3.52. The number of thioether (sulfide) groups is 1. The zero-order chi connectivity index (χ0) is 11.4. The molecular formula is C10H17N3O2S. The van der Waals surface area contributed by atoms with Crippen molar-refractivity contribution in [2.45, 2.75) is 31.1 Å². The molecule has 5 nitrogen and oxygen atoms in total. The van der Waals surface area contributed by atoms with Gasteiger partial charge in [0.25, 0.3) is 5.89 Å². The fourth-order valence-corrected chi connectivity index (χ4v) is 2.27. The molecule has 0 amide bonds. The minimum atomic E-state index is -0.972. The number of aliphatic hydroxyl groups is 1. The normalized spacial score (nSPS) is 25.9. The standard InChI is InChI=1S/C10H17N3O2S/c1-2-16-6-8-12-9(15-13-8)10(14)4-3-5-11-7-10/h11,14H,2-7H2,1H3. The van der Waals surface area contributed by atoms with Crippen molar-refractivity contribution in [3.8, 4) is 0 Å². The number of hydrogen-bond acceptors (Lipinski definition) is 6. The number of rotatable bonds is 4. The van der Waals surface area contributed by atoms with E-state index in [2.05, 4.69) is 22.4 Å². The third-order valence-electron chi connectivity index (χ3n) is 2.66. The van der Waals surface area contributed by atoms with Gasteiger partial charge in [0.15, 0.2) is 11.4 Å². The molecule has 0 saturated carbocycles. The van der Waals surface area contributed by atoms with Crippen LogP contribution in [0.25, 0.3) is 0 Å². The van der Waals surface area contributed by atoms with Crippen LogP contribution in [0.1, 0.15) is 31.5 Å². The molecule has 1 aromatic heterocycles. The maximum Gasteiger partial charge on any atom is 0.259 e. The van der Waals surface area contributed by atoms with Crippen molar-refractivity contribution in [1.29, 1.82) is 0 Å². The van der Waals surface area contributed by atoms with Gasteiger partial charge in [-0.15, -0.1) is 0 Å². The summed E-state index contributed by atoms with van der Waals surface area (Å²) in [5, 5.41) is 17.3. The Hall–Kier alpha value is -0.590. The van der Waals surface area contributed by atoms with Crippen LogP contribution >= 0.6 is 11.8 Å². The third kappa shape index (κ3) is 2.56. The fourth-order valence-electron chi connectivity index (χ4n) is 1.77. The Balaban J connectivity index is 2.05. The third-order valence-corrected chi connectivity index (χ3v) is 3.53. The van der Waals surface area contributed by atoms with E-state index >= 15 is 0 Å². The molecule has 90 valence electrons. The van der Waals surface area contributed by atoms with Crippen LogP contribution in [0.4, 0.5) is 0 Å². The van der Waals surface area contributed by atoms with Gasteiger partial charge in [0, 0.05) is 6.54 Å². The molecular weight excluding hydrogens is 226 g/mol. The smallest absolute Gasteiger partial charge is 0.259 e. The summed E-state index contributed by atoms with van der Waals surface area (Å²) in [7, 11) is 0. The molecule has 1 unspecified atom stereocenters. The summed E-state index contributed by atoms with van der Waals surface area (Å²) < 4.78 is 5.14. The lowest BCUT2D eigenvalue weighted by Crippen LogP contribution is -2.43. The number of β-amino-alcohol motifs (C(OH)–C–C–N with tert-alkyl or cyclic N) is 1. The Morgan fingerprint density at radius 2 is 2.50 bits per heavy atom. The predicted octanol–water partition coefficient (Wildman–Crippen LogP) is 0.894. The Morgan fingerprint density at radius 3 is 3.19 bits per heavy atom. The lowest BCUT2D eigenvalue weighted by molar-refractivity contribution is -0.0167. The van der Waals surface area contributed by atoms with Gasteiger partial charge in [-0.1, -0.05) is 12.1 Å². The van der Waals surface area contributed by atoms with Crippen molar-refractivity contribution in [3.05, 3.63) is 11.7 Å². The highest BCUT2D eigenvalue weighted by molar-refractivity contribution is 7.98. The highest BCUT2D eigenvalue weighted by Gasteiger charge is 2.36. The van der Waals surface area contributed by atoms with Crippen molar-refractivity contribution in [2.75, 3.05) is 18.8 Å². The van der Waals surface area contributed by atoms with Crippen molar-refractivity contribution in [1.82, 2.24) is 15.5 Å². The van der Waals surface area contributed by atoms with Gasteiger partial charge in [-0.2, -0.15) is 16.7 Å². The van der Waals surface area contributed by atoms with Crippen LogP contribution in [0, 0.1) is 0 Å². The molecule has 2 heterocycles. The van der Waals surface area contributed by atoms with Gasteiger partial charge in [-0.25, -0.2) is 0 Å². The number of hydrogen-bond donors (Lipinski definition) is 2. The summed E-state index contributed by atoms with van der Waals surface area (Å²) >= 11 is 1.74. The minimum Gasteiger partial charge on any atom is -0.379 e. The molecule has 1 aromatic rings. The van der Waals surface area contributed by atoms with Crippen molar-refractivity contribution in [2.24, 2.45) is 0 Å². The second-order valence-corrected chi connectivity index (χ2v) is 5.24.